The summed E-state index contributed by atoms with van der Waals surface area (Å²) in [6.07, 6.45) is 9.44. The Hall–Kier alpha value is -3.75. The average Bonchev–Trinajstić information content (AvgIpc) is 3.28. The molecule has 0 spiro atoms. The summed E-state index contributed by atoms with van der Waals surface area (Å²) in [7, 11) is 0. The largest absolute Gasteiger partial charge is 0.481 e. The van der Waals surface area contributed by atoms with Crippen LogP contribution in [0, 0.1) is 6.92 Å². The number of H-pyrrole nitrogens is 1. The molecule has 0 radical (unpaired) electrons. The second-order valence-electron chi connectivity index (χ2n) is 8.30. The minimum atomic E-state index is -1.01. The molecule has 0 unspecified atom stereocenters. The normalized spacial score (nSPS) is 13.6. The number of pyridine rings is 1. The van der Waals surface area contributed by atoms with E-state index in [0.717, 1.165) is 55.7 Å². The van der Waals surface area contributed by atoms with E-state index in [9.17, 15) is 14.7 Å². The van der Waals surface area contributed by atoms with Gasteiger partial charge >= 0.3 is 5.97 Å². The van der Waals surface area contributed by atoms with Crippen molar-refractivity contribution in [3.63, 3.8) is 0 Å². The highest BCUT2D eigenvalue weighted by atomic mass is 16.4. The quantitative estimate of drug-likeness (QED) is 0.395. The highest BCUT2D eigenvalue weighted by molar-refractivity contribution is 5.93. The molecule has 4 N–H and O–H groups in total. The molecule has 9 nitrogen and oxygen atoms in total. The highest BCUT2D eigenvalue weighted by Crippen LogP contribution is 2.21. The monoisotopic (exact) mass is 448 g/mol. The van der Waals surface area contributed by atoms with E-state index in [1.807, 2.05) is 6.20 Å². The predicted octanol–water partition coefficient (Wildman–Crippen LogP) is 2.99. The van der Waals surface area contributed by atoms with Gasteiger partial charge in [0.25, 0.3) is 5.91 Å². The number of carboxylic acids is 1. The number of hydrogen-bond donors (Lipinski definition) is 4. The van der Waals surface area contributed by atoms with Crippen LogP contribution in [-0.4, -0.2) is 43.5 Å². The lowest BCUT2D eigenvalue weighted by Gasteiger charge is -2.17. The number of amides is 1. The third-order valence-electron chi connectivity index (χ3n) is 5.72. The summed E-state index contributed by atoms with van der Waals surface area (Å²) in [6, 6.07) is 5.35. The Morgan fingerprint density at radius 1 is 1.21 bits per heavy atom. The third-order valence-corrected chi connectivity index (χ3v) is 5.72. The van der Waals surface area contributed by atoms with Crippen LogP contribution in [-0.2, 0) is 24.1 Å². The number of hydrogen-bond acceptors (Lipinski definition) is 6. The minimum absolute atomic E-state index is 0.256. The molecule has 1 aliphatic rings. The number of nitrogens with one attached hydrogen (secondary N) is 3. The molecule has 4 rings (SSSR count). The molecule has 0 aliphatic carbocycles. The van der Waals surface area contributed by atoms with E-state index in [1.54, 1.807) is 25.4 Å². The number of aryl methyl sites for hydroxylation is 4. The van der Waals surface area contributed by atoms with Gasteiger partial charge in [0.05, 0.1) is 12.5 Å². The van der Waals surface area contributed by atoms with Crippen molar-refractivity contribution in [2.75, 3.05) is 11.9 Å². The Kier molecular flexibility index (Phi) is 6.97. The van der Waals surface area contributed by atoms with Crippen molar-refractivity contribution < 1.29 is 14.7 Å². The number of nitrogens with zero attached hydrogens (tertiary/aromatic N) is 3. The summed E-state index contributed by atoms with van der Waals surface area (Å²) in [5.41, 5.74) is 4.31. The van der Waals surface area contributed by atoms with Gasteiger partial charge in [0.2, 0.25) is 0 Å². The second kappa shape index (κ2) is 10.2. The maximum atomic E-state index is 12.7. The molecule has 9 heteroatoms. The standard InChI is InChI=1S/C24H28N6O3/c1-15-26-13-18(14-27-15)20(11-22(31)32)30-24(33)21-10-16(12-28-21)4-2-6-19-8-7-17-5-3-9-25-23(17)29-19/h7-8,10,12-14,20,28H,2-6,9,11H2,1H3,(H,25,29)(H,30,33)(H,31,32)/t20-/m0/s1. The molecule has 1 aliphatic heterocycles. The smallest absolute Gasteiger partial charge is 0.305 e. The number of rotatable bonds is 9. The Balaban J connectivity index is 1.33. The minimum Gasteiger partial charge on any atom is -0.481 e. The number of fused-ring (bicyclic) bond motifs is 1. The van der Waals surface area contributed by atoms with E-state index >= 15 is 0 Å². The summed E-state index contributed by atoms with van der Waals surface area (Å²) in [5, 5.41) is 15.4. The highest BCUT2D eigenvalue weighted by Gasteiger charge is 2.20. The Morgan fingerprint density at radius 3 is 2.82 bits per heavy atom. The Morgan fingerprint density at radius 2 is 2.03 bits per heavy atom. The van der Waals surface area contributed by atoms with Gasteiger partial charge in [0.15, 0.2) is 0 Å². The van der Waals surface area contributed by atoms with Crippen molar-refractivity contribution in [1.29, 1.82) is 0 Å². The van der Waals surface area contributed by atoms with Gasteiger partial charge in [-0.1, -0.05) is 6.07 Å². The summed E-state index contributed by atoms with van der Waals surface area (Å²) < 4.78 is 0. The predicted molar refractivity (Wildman–Crippen MR) is 123 cm³/mol. The maximum Gasteiger partial charge on any atom is 0.305 e. The molecule has 1 atom stereocenters. The van der Waals surface area contributed by atoms with Crippen LogP contribution in [0.1, 0.15) is 64.0 Å². The van der Waals surface area contributed by atoms with Crippen molar-refractivity contribution in [1.82, 2.24) is 25.3 Å². The van der Waals surface area contributed by atoms with Crippen LogP contribution >= 0.6 is 0 Å². The number of carbonyl (C=O) groups is 2. The molecule has 0 aromatic carbocycles. The zero-order chi connectivity index (χ0) is 23.2. The molecule has 0 bridgehead atoms. The second-order valence-corrected chi connectivity index (χ2v) is 8.30. The number of carbonyl (C=O) groups excluding carboxylic acids is 1. The fraction of sp³-hybridized carbons (Fsp3) is 0.375. The van der Waals surface area contributed by atoms with E-state index in [4.69, 9.17) is 4.98 Å². The van der Waals surface area contributed by atoms with Crippen LogP contribution in [0.2, 0.25) is 0 Å². The van der Waals surface area contributed by atoms with Crippen LogP contribution in [0.4, 0.5) is 5.82 Å². The number of aliphatic carboxylic acids is 1. The van der Waals surface area contributed by atoms with Crippen molar-refractivity contribution >= 4 is 17.7 Å². The van der Waals surface area contributed by atoms with Crippen LogP contribution in [0.25, 0.3) is 0 Å². The van der Waals surface area contributed by atoms with Gasteiger partial charge in [-0.3, -0.25) is 9.59 Å². The van der Waals surface area contributed by atoms with Gasteiger partial charge in [-0.25, -0.2) is 15.0 Å². The van der Waals surface area contributed by atoms with Gasteiger partial charge in [0, 0.05) is 36.4 Å². The van der Waals surface area contributed by atoms with Crippen LogP contribution in [0.5, 0.6) is 0 Å². The van der Waals surface area contributed by atoms with Crippen molar-refractivity contribution in [3.8, 4) is 0 Å². The molecule has 4 heterocycles. The molecule has 172 valence electrons. The first-order valence-electron chi connectivity index (χ1n) is 11.2. The molecular formula is C24H28N6O3. The van der Waals surface area contributed by atoms with Gasteiger partial charge in [0.1, 0.15) is 17.3 Å². The summed E-state index contributed by atoms with van der Waals surface area (Å²) >= 11 is 0. The van der Waals surface area contributed by atoms with Gasteiger partial charge in [-0.05, 0) is 62.3 Å². The molecule has 1 amide bonds. The molecular weight excluding hydrogens is 420 g/mol. The van der Waals surface area contributed by atoms with Crippen molar-refractivity contribution in [3.05, 3.63) is 70.7 Å². The van der Waals surface area contributed by atoms with E-state index in [1.165, 1.54) is 5.56 Å². The van der Waals surface area contributed by atoms with Crippen LogP contribution < -0.4 is 10.6 Å². The SMILES string of the molecule is Cc1ncc([C@H](CC(=O)O)NC(=O)c2cc(CCCc3ccc4c(n3)NCCC4)c[nH]2)cn1. The van der Waals surface area contributed by atoms with E-state index in [2.05, 4.69) is 37.7 Å². The Labute approximate surface area is 192 Å². The molecule has 33 heavy (non-hydrogen) atoms. The first kappa shape index (κ1) is 22.4. The lowest BCUT2D eigenvalue weighted by molar-refractivity contribution is -0.137. The fourth-order valence-electron chi connectivity index (χ4n) is 3.94. The first-order valence-corrected chi connectivity index (χ1v) is 11.2. The zero-order valence-electron chi connectivity index (χ0n) is 18.6. The van der Waals surface area contributed by atoms with Gasteiger partial charge in [-0.2, -0.15) is 0 Å². The molecule has 0 fully saturated rings. The Bertz CT molecular complexity index is 1130. The average molecular weight is 449 g/mol. The third kappa shape index (κ3) is 5.94. The molecule has 3 aromatic heterocycles. The van der Waals surface area contributed by atoms with Crippen molar-refractivity contribution in [2.45, 2.75) is 51.5 Å². The number of aromatic amines is 1. The van der Waals surface area contributed by atoms with Crippen LogP contribution in [0.15, 0.2) is 36.8 Å². The summed E-state index contributed by atoms with van der Waals surface area (Å²) in [5.74, 6) is 0.207. The summed E-state index contributed by atoms with van der Waals surface area (Å²) in [6.45, 7) is 2.72. The summed E-state index contributed by atoms with van der Waals surface area (Å²) in [4.78, 5) is 39.9. The topological polar surface area (TPSA) is 133 Å². The zero-order valence-corrected chi connectivity index (χ0v) is 18.6. The maximum absolute atomic E-state index is 12.7. The number of anilines is 1. The molecule has 0 saturated heterocycles. The lowest BCUT2D eigenvalue weighted by atomic mass is 10.0. The van der Waals surface area contributed by atoms with Crippen molar-refractivity contribution in [2.24, 2.45) is 0 Å². The number of carboxylic acid groups (broad SMARTS) is 1. The fourth-order valence-corrected chi connectivity index (χ4v) is 3.94. The van der Waals surface area contributed by atoms with Gasteiger partial charge < -0.3 is 20.7 Å². The molecule has 0 saturated carbocycles. The first-order chi connectivity index (χ1) is 16.0. The van der Waals surface area contributed by atoms with Crippen LogP contribution in [0.3, 0.4) is 0 Å². The van der Waals surface area contributed by atoms with Gasteiger partial charge in [-0.15, -0.1) is 0 Å². The number of aromatic nitrogens is 4. The van der Waals surface area contributed by atoms with E-state index in [-0.39, 0.29) is 12.3 Å². The van der Waals surface area contributed by atoms with E-state index < -0.39 is 12.0 Å². The molecule has 3 aromatic rings. The lowest BCUT2D eigenvalue weighted by Crippen LogP contribution is -2.30. The van der Waals surface area contributed by atoms with E-state index in [0.29, 0.717) is 17.1 Å².